The fourth-order valence-corrected chi connectivity index (χ4v) is 1.83. The van der Waals surface area contributed by atoms with E-state index in [1.807, 2.05) is 12.2 Å². The summed E-state index contributed by atoms with van der Waals surface area (Å²) in [5.41, 5.74) is 3.03. The molecule has 0 aromatic rings. The Morgan fingerprint density at radius 3 is 3.06 bits per heavy atom. The van der Waals surface area contributed by atoms with Crippen LogP contribution >= 0.6 is 0 Å². The van der Waals surface area contributed by atoms with Crippen molar-refractivity contribution in [1.82, 2.24) is 0 Å². The van der Waals surface area contributed by atoms with Crippen LogP contribution in [-0.4, -0.2) is 0 Å². The van der Waals surface area contributed by atoms with Gasteiger partial charge in [-0.05, 0) is 36.8 Å². The quantitative estimate of drug-likeness (QED) is 0.538. The zero-order valence-electron chi connectivity index (χ0n) is 10.3. The summed E-state index contributed by atoms with van der Waals surface area (Å²) >= 11 is 0. The molecule has 0 bridgehead atoms. The first-order chi connectivity index (χ1) is 7.88. The van der Waals surface area contributed by atoms with Crippen molar-refractivity contribution in [3.05, 3.63) is 60.3 Å². The Labute approximate surface area is 99.8 Å². The van der Waals surface area contributed by atoms with Crippen LogP contribution < -0.4 is 0 Å². The van der Waals surface area contributed by atoms with Gasteiger partial charge in [0.2, 0.25) is 0 Å². The molecule has 0 saturated heterocycles. The molecule has 0 N–H and O–H groups in total. The van der Waals surface area contributed by atoms with Gasteiger partial charge in [0.1, 0.15) is 0 Å². The van der Waals surface area contributed by atoms with Crippen LogP contribution in [0, 0.1) is 0 Å². The standard InChI is InChI=1S/C16H22/c1-3-5-7-8-12-16-14-10-9-13-15(16)11-6-4-2/h3,5,7,9-10,12-13H,1,4,6,8,11,14H2,2H3. The molecule has 0 atom stereocenters. The molecule has 0 nitrogen and oxygen atoms in total. The molecule has 1 rings (SSSR count). The lowest BCUT2D eigenvalue weighted by atomic mass is 9.93. The number of unbranched alkanes of at least 4 members (excludes halogenated alkanes) is 1. The minimum Gasteiger partial charge on any atom is -0.0991 e. The van der Waals surface area contributed by atoms with Gasteiger partial charge < -0.3 is 0 Å². The minimum absolute atomic E-state index is 1.01. The molecule has 0 amide bonds. The van der Waals surface area contributed by atoms with Crippen molar-refractivity contribution in [2.24, 2.45) is 0 Å². The maximum Gasteiger partial charge on any atom is -0.00946 e. The predicted octanol–water partition coefficient (Wildman–Crippen LogP) is 5.12. The number of hydrogen-bond acceptors (Lipinski definition) is 0. The zero-order valence-corrected chi connectivity index (χ0v) is 10.3. The average molecular weight is 214 g/mol. The van der Waals surface area contributed by atoms with Gasteiger partial charge in [0, 0.05) is 0 Å². The summed E-state index contributed by atoms with van der Waals surface area (Å²) in [5.74, 6) is 0. The summed E-state index contributed by atoms with van der Waals surface area (Å²) in [4.78, 5) is 0. The van der Waals surface area contributed by atoms with Crippen LogP contribution in [0.3, 0.4) is 0 Å². The van der Waals surface area contributed by atoms with E-state index in [1.165, 1.54) is 30.4 Å². The topological polar surface area (TPSA) is 0 Å². The van der Waals surface area contributed by atoms with Crippen LogP contribution in [0.5, 0.6) is 0 Å². The molecule has 0 radical (unpaired) electrons. The van der Waals surface area contributed by atoms with Crippen LogP contribution in [0.2, 0.25) is 0 Å². The molecule has 1 aliphatic rings. The molecule has 0 fully saturated rings. The molecule has 0 spiro atoms. The molecule has 86 valence electrons. The maximum atomic E-state index is 3.67. The smallest absolute Gasteiger partial charge is 0.00946 e. The van der Waals surface area contributed by atoms with Gasteiger partial charge in [-0.25, -0.2) is 0 Å². The summed E-state index contributed by atoms with van der Waals surface area (Å²) in [6.07, 6.45) is 20.9. The van der Waals surface area contributed by atoms with Crippen LogP contribution in [0.25, 0.3) is 0 Å². The molecule has 1 aliphatic carbocycles. The first-order valence-electron chi connectivity index (χ1n) is 6.21. The fraction of sp³-hybridized carbons (Fsp3) is 0.375. The summed E-state index contributed by atoms with van der Waals surface area (Å²) in [7, 11) is 0. The lowest BCUT2D eigenvalue weighted by molar-refractivity contribution is 0.786. The lowest BCUT2D eigenvalue weighted by Crippen LogP contribution is -1.93. The highest BCUT2D eigenvalue weighted by molar-refractivity contribution is 5.39. The van der Waals surface area contributed by atoms with E-state index in [-0.39, 0.29) is 0 Å². The highest BCUT2D eigenvalue weighted by atomic mass is 14.1. The molecule has 0 heteroatoms. The average Bonchev–Trinajstić information content (AvgIpc) is 2.33. The SMILES string of the molecule is C=CC=CCC=C1CC=CC=C1CCCC. The van der Waals surface area contributed by atoms with Crippen molar-refractivity contribution in [2.45, 2.75) is 39.0 Å². The van der Waals surface area contributed by atoms with Gasteiger partial charge in [-0.2, -0.15) is 0 Å². The van der Waals surface area contributed by atoms with E-state index in [2.05, 4.69) is 43.9 Å². The Kier molecular flexibility index (Phi) is 6.32. The first kappa shape index (κ1) is 12.8. The van der Waals surface area contributed by atoms with E-state index < -0.39 is 0 Å². The molecular formula is C16H22. The molecule has 0 aromatic heterocycles. The second-order valence-corrected chi connectivity index (χ2v) is 4.06. The van der Waals surface area contributed by atoms with E-state index in [0.29, 0.717) is 0 Å². The first-order valence-corrected chi connectivity index (χ1v) is 6.21. The molecule has 16 heavy (non-hydrogen) atoms. The summed E-state index contributed by atoms with van der Waals surface area (Å²) in [6.45, 7) is 5.92. The number of hydrogen-bond donors (Lipinski definition) is 0. The van der Waals surface area contributed by atoms with Gasteiger partial charge >= 0.3 is 0 Å². The van der Waals surface area contributed by atoms with Crippen LogP contribution in [-0.2, 0) is 0 Å². The normalized spacial score (nSPS) is 18.1. The van der Waals surface area contributed by atoms with Crippen LogP contribution in [0.15, 0.2) is 60.3 Å². The van der Waals surface area contributed by atoms with Crippen molar-refractivity contribution < 1.29 is 0 Å². The third-order valence-corrected chi connectivity index (χ3v) is 2.76. The maximum absolute atomic E-state index is 3.67. The third-order valence-electron chi connectivity index (χ3n) is 2.76. The molecule has 0 saturated carbocycles. The van der Waals surface area contributed by atoms with E-state index >= 15 is 0 Å². The van der Waals surface area contributed by atoms with Gasteiger partial charge in [0.15, 0.2) is 0 Å². The summed E-state index contributed by atoms with van der Waals surface area (Å²) in [5, 5.41) is 0. The molecule has 0 unspecified atom stereocenters. The minimum atomic E-state index is 1.01. The Balaban J connectivity index is 2.56. The van der Waals surface area contributed by atoms with Crippen molar-refractivity contribution in [3.8, 4) is 0 Å². The summed E-state index contributed by atoms with van der Waals surface area (Å²) in [6, 6.07) is 0. The van der Waals surface area contributed by atoms with E-state index in [9.17, 15) is 0 Å². The number of allylic oxidation sites excluding steroid dienone is 9. The third kappa shape index (κ3) is 4.48. The highest BCUT2D eigenvalue weighted by Gasteiger charge is 2.05. The second-order valence-electron chi connectivity index (χ2n) is 4.06. The van der Waals surface area contributed by atoms with Crippen molar-refractivity contribution in [2.75, 3.05) is 0 Å². The Morgan fingerprint density at radius 1 is 1.44 bits per heavy atom. The van der Waals surface area contributed by atoms with Gasteiger partial charge in [-0.3, -0.25) is 0 Å². The van der Waals surface area contributed by atoms with Crippen molar-refractivity contribution in [1.29, 1.82) is 0 Å². The zero-order chi connectivity index (χ0) is 11.6. The highest BCUT2D eigenvalue weighted by Crippen LogP contribution is 2.24. The largest absolute Gasteiger partial charge is 0.0991 e. The van der Waals surface area contributed by atoms with Crippen LogP contribution in [0.4, 0.5) is 0 Å². The second kappa shape index (κ2) is 7.92. The summed E-state index contributed by atoms with van der Waals surface area (Å²) < 4.78 is 0. The molecule has 0 aromatic carbocycles. The van der Waals surface area contributed by atoms with Gasteiger partial charge in [-0.15, -0.1) is 0 Å². The predicted molar refractivity (Wildman–Crippen MR) is 73.4 cm³/mol. The van der Waals surface area contributed by atoms with E-state index in [4.69, 9.17) is 0 Å². The monoisotopic (exact) mass is 214 g/mol. The van der Waals surface area contributed by atoms with Gasteiger partial charge in [-0.1, -0.05) is 62.5 Å². The molecular weight excluding hydrogens is 192 g/mol. The van der Waals surface area contributed by atoms with Gasteiger partial charge in [0.05, 0.1) is 0 Å². The van der Waals surface area contributed by atoms with Gasteiger partial charge in [0.25, 0.3) is 0 Å². The number of rotatable bonds is 6. The molecule has 0 heterocycles. The van der Waals surface area contributed by atoms with E-state index in [1.54, 1.807) is 0 Å². The Bertz CT molecular complexity index is 324. The lowest BCUT2D eigenvalue weighted by Gasteiger charge is -2.13. The Hall–Kier alpha value is -1.30. The fourth-order valence-electron chi connectivity index (χ4n) is 1.83. The van der Waals surface area contributed by atoms with E-state index in [0.717, 1.165) is 12.8 Å². The molecule has 0 aliphatic heterocycles. The van der Waals surface area contributed by atoms with Crippen molar-refractivity contribution in [3.63, 3.8) is 0 Å². The van der Waals surface area contributed by atoms with Crippen LogP contribution in [0.1, 0.15) is 39.0 Å². The Morgan fingerprint density at radius 2 is 2.31 bits per heavy atom. The van der Waals surface area contributed by atoms with Crippen molar-refractivity contribution >= 4 is 0 Å².